The van der Waals surface area contributed by atoms with Crippen molar-refractivity contribution in [1.29, 1.82) is 0 Å². The van der Waals surface area contributed by atoms with Gasteiger partial charge in [0.05, 0.1) is 12.2 Å². The van der Waals surface area contributed by atoms with Crippen LogP contribution in [-0.2, 0) is 6.54 Å². The number of anilines is 1. The molecule has 5 heteroatoms. The van der Waals surface area contributed by atoms with Gasteiger partial charge >= 0.3 is 0 Å². The fraction of sp³-hybridized carbons (Fsp3) is 0.360. The molecule has 1 aromatic heterocycles. The van der Waals surface area contributed by atoms with E-state index in [1.54, 1.807) is 0 Å². The van der Waals surface area contributed by atoms with Crippen LogP contribution in [0.5, 0.6) is 5.75 Å². The largest absolute Gasteiger partial charge is 0.485 e. The van der Waals surface area contributed by atoms with Gasteiger partial charge in [0.15, 0.2) is 0 Å². The molecular formula is C25H29ClN2O2. The average molecular weight is 425 g/mol. The minimum Gasteiger partial charge on any atom is -0.485 e. The zero-order chi connectivity index (χ0) is 21.0. The van der Waals surface area contributed by atoms with Crippen molar-refractivity contribution in [3.8, 4) is 17.1 Å². The molecule has 0 radical (unpaired) electrons. The van der Waals surface area contributed by atoms with Crippen molar-refractivity contribution in [2.75, 3.05) is 18.0 Å². The third-order valence-electron chi connectivity index (χ3n) is 5.97. The van der Waals surface area contributed by atoms with Crippen molar-refractivity contribution >= 4 is 17.3 Å². The smallest absolute Gasteiger partial charge is 0.143 e. The van der Waals surface area contributed by atoms with E-state index >= 15 is 0 Å². The van der Waals surface area contributed by atoms with Crippen molar-refractivity contribution in [2.45, 2.75) is 44.8 Å². The highest BCUT2D eigenvalue weighted by atomic mass is 35.5. The Bertz CT molecular complexity index is 987. The Morgan fingerprint density at radius 3 is 2.77 bits per heavy atom. The van der Waals surface area contributed by atoms with Crippen LogP contribution < -0.4 is 15.4 Å². The van der Waals surface area contributed by atoms with Crippen LogP contribution >= 0.6 is 11.6 Å². The molecule has 0 spiro atoms. The quantitative estimate of drug-likeness (QED) is 0.485. The van der Waals surface area contributed by atoms with Crippen LogP contribution in [0, 0.1) is 0 Å². The number of halogens is 1. The summed E-state index contributed by atoms with van der Waals surface area (Å²) in [6, 6.07) is 20.1. The third kappa shape index (κ3) is 4.50. The van der Waals surface area contributed by atoms with E-state index < -0.39 is 0 Å². The molecule has 2 heterocycles. The summed E-state index contributed by atoms with van der Waals surface area (Å²) in [5, 5.41) is 0.706. The van der Waals surface area contributed by atoms with Crippen LogP contribution in [0.15, 0.2) is 65.1 Å². The summed E-state index contributed by atoms with van der Waals surface area (Å²) in [5.41, 5.74) is 7.73. The van der Waals surface area contributed by atoms with E-state index in [0.29, 0.717) is 18.1 Å². The van der Waals surface area contributed by atoms with Gasteiger partial charge in [-0.1, -0.05) is 42.8 Å². The van der Waals surface area contributed by atoms with Gasteiger partial charge in [-0.15, -0.1) is 0 Å². The Balaban J connectivity index is 1.58. The topological polar surface area (TPSA) is 51.6 Å². The first-order chi connectivity index (χ1) is 14.6. The Kier molecular flexibility index (Phi) is 6.35. The molecule has 0 bridgehead atoms. The van der Waals surface area contributed by atoms with Crippen molar-refractivity contribution in [2.24, 2.45) is 5.73 Å². The highest BCUT2D eigenvalue weighted by molar-refractivity contribution is 6.30. The molecule has 2 aromatic carbocycles. The number of nitrogens with two attached hydrogens (primary N) is 1. The summed E-state index contributed by atoms with van der Waals surface area (Å²) in [7, 11) is 0. The standard InChI is InChI=1S/C25H29ClN2O2/c1-2-25(13-6-15-27)14-16-28(22-9-3-4-10-24(22)30-25)18-21-11-12-23(29-21)19-7-5-8-20(26)17-19/h3-5,7-12,17H,2,6,13-16,18,27H2,1H3. The molecule has 1 atom stereocenters. The number of hydrogen-bond donors (Lipinski definition) is 1. The second-order valence-corrected chi connectivity index (χ2v) is 8.38. The molecular weight excluding hydrogens is 396 g/mol. The number of ether oxygens (including phenoxy) is 1. The molecule has 30 heavy (non-hydrogen) atoms. The van der Waals surface area contributed by atoms with Gasteiger partial charge in [-0.3, -0.25) is 0 Å². The van der Waals surface area contributed by atoms with Gasteiger partial charge in [0.25, 0.3) is 0 Å². The van der Waals surface area contributed by atoms with Crippen molar-refractivity contribution in [3.63, 3.8) is 0 Å². The van der Waals surface area contributed by atoms with E-state index in [-0.39, 0.29) is 5.60 Å². The molecule has 0 aliphatic carbocycles. The van der Waals surface area contributed by atoms with Gasteiger partial charge in [-0.05, 0) is 62.2 Å². The predicted molar refractivity (Wildman–Crippen MR) is 123 cm³/mol. The van der Waals surface area contributed by atoms with E-state index in [1.165, 1.54) is 0 Å². The third-order valence-corrected chi connectivity index (χ3v) is 6.20. The number of rotatable bonds is 7. The second-order valence-electron chi connectivity index (χ2n) is 7.95. The van der Waals surface area contributed by atoms with Crippen molar-refractivity contribution < 1.29 is 9.15 Å². The number of benzene rings is 2. The predicted octanol–water partition coefficient (Wildman–Crippen LogP) is 6.28. The summed E-state index contributed by atoms with van der Waals surface area (Å²) >= 11 is 6.14. The van der Waals surface area contributed by atoms with E-state index in [4.69, 9.17) is 26.5 Å². The lowest BCUT2D eigenvalue weighted by Crippen LogP contribution is -2.37. The van der Waals surface area contributed by atoms with Crippen molar-refractivity contribution in [3.05, 3.63) is 71.4 Å². The Hall–Kier alpha value is -2.43. The summed E-state index contributed by atoms with van der Waals surface area (Å²) in [4.78, 5) is 2.36. The highest BCUT2D eigenvalue weighted by Gasteiger charge is 2.34. The minimum atomic E-state index is -0.167. The first kappa shape index (κ1) is 20.8. The Labute approximate surface area is 183 Å². The molecule has 158 valence electrons. The minimum absolute atomic E-state index is 0.167. The summed E-state index contributed by atoms with van der Waals surface area (Å²) in [6.07, 6.45) is 3.87. The highest BCUT2D eigenvalue weighted by Crippen LogP contribution is 2.40. The molecule has 1 aliphatic rings. The van der Waals surface area contributed by atoms with Gasteiger partial charge in [0.1, 0.15) is 22.9 Å². The molecule has 0 amide bonds. The van der Waals surface area contributed by atoms with Crippen LogP contribution in [-0.4, -0.2) is 18.7 Å². The Morgan fingerprint density at radius 2 is 1.97 bits per heavy atom. The number of furan rings is 1. The first-order valence-electron chi connectivity index (χ1n) is 10.7. The second kappa shape index (κ2) is 9.15. The molecule has 1 unspecified atom stereocenters. The first-order valence-corrected chi connectivity index (χ1v) is 11.1. The molecule has 2 N–H and O–H groups in total. The van der Waals surface area contributed by atoms with E-state index in [9.17, 15) is 0 Å². The maximum atomic E-state index is 6.61. The zero-order valence-corrected chi connectivity index (χ0v) is 18.2. The fourth-order valence-corrected chi connectivity index (χ4v) is 4.38. The van der Waals surface area contributed by atoms with Gasteiger partial charge in [0, 0.05) is 23.6 Å². The molecule has 4 rings (SSSR count). The maximum Gasteiger partial charge on any atom is 0.143 e. The lowest BCUT2D eigenvalue weighted by atomic mass is 9.90. The lowest BCUT2D eigenvalue weighted by Gasteiger charge is -2.32. The van der Waals surface area contributed by atoms with Crippen LogP contribution in [0.4, 0.5) is 5.69 Å². The molecule has 0 saturated heterocycles. The van der Waals surface area contributed by atoms with E-state index in [2.05, 4.69) is 30.0 Å². The summed E-state index contributed by atoms with van der Waals surface area (Å²) < 4.78 is 12.8. The van der Waals surface area contributed by atoms with E-state index in [0.717, 1.165) is 60.7 Å². The summed E-state index contributed by atoms with van der Waals surface area (Å²) in [6.45, 7) is 4.49. The van der Waals surface area contributed by atoms with E-state index in [1.807, 2.05) is 42.5 Å². The van der Waals surface area contributed by atoms with Crippen LogP contribution in [0.1, 0.15) is 38.4 Å². The van der Waals surface area contributed by atoms with Crippen molar-refractivity contribution in [1.82, 2.24) is 0 Å². The lowest BCUT2D eigenvalue weighted by molar-refractivity contribution is 0.0517. The van der Waals surface area contributed by atoms with Crippen LogP contribution in [0.2, 0.25) is 5.02 Å². The fourth-order valence-electron chi connectivity index (χ4n) is 4.19. The molecule has 0 saturated carbocycles. The maximum absolute atomic E-state index is 6.61. The van der Waals surface area contributed by atoms with Crippen LogP contribution in [0.3, 0.4) is 0 Å². The van der Waals surface area contributed by atoms with Gasteiger partial charge in [0.2, 0.25) is 0 Å². The number of para-hydroxylation sites is 2. The number of nitrogens with zero attached hydrogens (tertiary/aromatic N) is 1. The monoisotopic (exact) mass is 424 g/mol. The van der Waals surface area contributed by atoms with Gasteiger partial charge < -0.3 is 19.8 Å². The van der Waals surface area contributed by atoms with Gasteiger partial charge in [-0.2, -0.15) is 0 Å². The van der Waals surface area contributed by atoms with Gasteiger partial charge in [-0.25, -0.2) is 0 Å². The molecule has 3 aromatic rings. The number of fused-ring (bicyclic) bond motifs is 1. The Morgan fingerprint density at radius 1 is 1.10 bits per heavy atom. The normalized spacial score (nSPS) is 18.6. The average Bonchev–Trinajstić information content (AvgIpc) is 3.17. The van der Waals surface area contributed by atoms with Crippen LogP contribution in [0.25, 0.3) is 11.3 Å². The molecule has 4 nitrogen and oxygen atoms in total. The SMILES string of the molecule is CCC1(CCCN)CCN(Cc2ccc(-c3cccc(Cl)c3)o2)c2ccccc2O1. The number of hydrogen-bond acceptors (Lipinski definition) is 4. The zero-order valence-electron chi connectivity index (χ0n) is 17.4. The molecule has 0 fully saturated rings. The molecule has 1 aliphatic heterocycles. The summed E-state index contributed by atoms with van der Waals surface area (Å²) in [5.74, 6) is 2.69.